The van der Waals surface area contributed by atoms with Crippen molar-refractivity contribution >= 4 is 11.6 Å². The minimum atomic E-state index is -0.391. The molecule has 0 atom stereocenters. The maximum absolute atomic E-state index is 14.3. The summed E-state index contributed by atoms with van der Waals surface area (Å²) in [6.07, 6.45) is 0. The molecule has 0 heterocycles. The Morgan fingerprint density at radius 2 is 1.24 bits per heavy atom. The maximum atomic E-state index is 14.3. The predicted octanol–water partition coefficient (Wildman–Crippen LogP) is 5.95. The Hall–Kier alpha value is -2.19. The van der Waals surface area contributed by atoms with Gasteiger partial charge >= 0.3 is 0 Å². The van der Waals surface area contributed by atoms with Crippen molar-refractivity contribution in [3.63, 3.8) is 0 Å². The third kappa shape index (κ3) is 2.81. The van der Waals surface area contributed by atoms with Gasteiger partial charge in [0.15, 0.2) is 0 Å². The molecule has 0 amide bonds. The van der Waals surface area contributed by atoms with Gasteiger partial charge in [-0.1, -0.05) is 54.1 Å². The van der Waals surface area contributed by atoms with E-state index in [0.29, 0.717) is 21.7 Å². The van der Waals surface area contributed by atoms with Crippen molar-refractivity contribution < 1.29 is 8.78 Å². The molecule has 0 aliphatic carbocycles. The third-order valence-corrected chi connectivity index (χ3v) is 3.56. The summed E-state index contributed by atoms with van der Waals surface area (Å²) in [4.78, 5) is 0. The molecule has 0 nitrogen and oxygen atoms in total. The van der Waals surface area contributed by atoms with Crippen LogP contribution in [0.1, 0.15) is 0 Å². The number of rotatable bonds is 2. The molecule has 0 saturated heterocycles. The standard InChI is InChI=1S/C18H11ClF2/c19-14-8-5-12(6-9-14)16-10-7-13(11-18(16)21)15-3-1-2-4-17(15)20/h1-11H. The second-order valence-electron chi connectivity index (χ2n) is 4.68. The first-order valence-corrected chi connectivity index (χ1v) is 6.83. The highest BCUT2D eigenvalue weighted by Gasteiger charge is 2.09. The average Bonchev–Trinajstić information content (AvgIpc) is 2.49. The number of halogens is 3. The van der Waals surface area contributed by atoms with Crippen LogP contribution in [0.5, 0.6) is 0 Å². The van der Waals surface area contributed by atoms with Crippen LogP contribution < -0.4 is 0 Å². The number of benzene rings is 3. The van der Waals surface area contributed by atoms with Crippen molar-refractivity contribution in [1.29, 1.82) is 0 Å². The molecule has 0 saturated carbocycles. The smallest absolute Gasteiger partial charge is 0.131 e. The fourth-order valence-corrected chi connectivity index (χ4v) is 2.37. The van der Waals surface area contributed by atoms with E-state index in [-0.39, 0.29) is 5.82 Å². The largest absolute Gasteiger partial charge is 0.206 e. The molecule has 0 unspecified atom stereocenters. The van der Waals surface area contributed by atoms with Gasteiger partial charge in [0.2, 0.25) is 0 Å². The van der Waals surface area contributed by atoms with Crippen LogP contribution in [0.4, 0.5) is 8.78 Å². The van der Waals surface area contributed by atoms with Gasteiger partial charge in [0.25, 0.3) is 0 Å². The molecule has 3 aromatic rings. The van der Waals surface area contributed by atoms with Crippen molar-refractivity contribution in [2.45, 2.75) is 0 Å². The second kappa shape index (κ2) is 5.66. The van der Waals surface area contributed by atoms with Crippen LogP contribution in [-0.2, 0) is 0 Å². The zero-order chi connectivity index (χ0) is 14.8. The molecular formula is C18H11ClF2. The van der Waals surface area contributed by atoms with E-state index in [9.17, 15) is 8.78 Å². The molecule has 3 heteroatoms. The first kappa shape index (κ1) is 13.8. The summed E-state index contributed by atoms with van der Waals surface area (Å²) in [6, 6.07) is 18.0. The monoisotopic (exact) mass is 300 g/mol. The van der Waals surface area contributed by atoms with Gasteiger partial charge in [-0.3, -0.25) is 0 Å². The number of hydrogen-bond donors (Lipinski definition) is 0. The second-order valence-corrected chi connectivity index (χ2v) is 5.12. The minimum Gasteiger partial charge on any atom is -0.206 e. The lowest BCUT2D eigenvalue weighted by atomic mass is 9.99. The third-order valence-electron chi connectivity index (χ3n) is 3.31. The molecular weight excluding hydrogens is 290 g/mol. The fourth-order valence-electron chi connectivity index (χ4n) is 2.24. The van der Waals surface area contributed by atoms with E-state index in [4.69, 9.17) is 11.6 Å². The predicted molar refractivity (Wildman–Crippen MR) is 82.2 cm³/mol. The molecule has 0 aliphatic rings. The molecule has 0 aromatic heterocycles. The first-order chi connectivity index (χ1) is 10.1. The summed E-state index contributed by atoms with van der Waals surface area (Å²) in [7, 11) is 0. The van der Waals surface area contributed by atoms with Gasteiger partial charge in [-0.2, -0.15) is 0 Å². The Morgan fingerprint density at radius 3 is 1.90 bits per heavy atom. The SMILES string of the molecule is Fc1ccccc1-c1ccc(-c2ccc(Cl)cc2)c(F)c1. The van der Waals surface area contributed by atoms with Gasteiger partial charge in [-0.05, 0) is 35.4 Å². The van der Waals surface area contributed by atoms with Gasteiger partial charge in [-0.25, -0.2) is 8.78 Å². The Kier molecular flexibility index (Phi) is 3.72. The summed E-state index contributed by atoms with van der Waals surface area (Å²) in [6.45, 7) is 0. The normalized spacial score (nSPS) is 10.6. The van der Waals surface area contributed by atoms with E-state index in [0.717, 1.165) is 5.56 Å². The molecule has 0 fully saturated rings. The first-order valence-electron chi connectivity index (χ1n) is 6.45. The zero-order valence-electron chi connectivity index (χ0n) is 11.0. The van der Waals surface area contributed by atoms with Crippen molar-refractivity contribution in [3.05, 3.63) is 83.4 Å². The van der Waals surface area contributed by atoms with E-state index < -0.39 is 5.82 Å². The van der Waals surface area contributed by atoms with Crippen LogP contribution in [0, 0.1) is 11.6 Å². The molecule has 21 heavy (non-hydrogen) atoms. The minimum absolute atomic E-state index is 0.365. The van der Waals surface area contributed by atoms with Crippen LogP contribution in [0.25, 0.3) is 22.3 Å². The Morgan fingerprint density at radius 1 is 0.619 bits per heavy atom. The highest BCUT2D eigenvalue weighted by atomic mass is 35.5. The van der Waals surface area contributed by atoms with Crippen LogP contribution in [0.2, 0.25) is 5.02 Å². The number of hydrogen-bond acceptors (Lipinski definition) is 0. The van der Waals surface area contributed by atoms with Gasteiger partial charge in [0.1, 0.15) is 11.6 Å². The average molecular weight is 301 g/mol. The fraction of sp³-hybridized carbons (Fsp3) is 0. The van der Waals surface area contributed by atoms with Gasteiger partial charge < -0.3 is 0 Å². The lowest BCUT2D eigenvalue weighted by Gasteiger charge is -2.08. The molecule has 3 aromatic carbocycles. The summed E-state index contributed by atoms with van der Waals surface area (Å²) >= 11 is 5.83. The molecule has 0 spiro atoms. The van der Waals surface area contributed by atoms with Gasteiger partial charge in [0.05, 0.1) is 0 Å². The molecule has 0 bridgehead atoms. The van der Waals surface area contributed by atoms with E-state index in [1.807, 2.05) is 0 Å². The van der Waals surface area contributed by atoms with Crippen molar-refractivity contribution in [3.8, 4) is 22.3 Å². The lowest BCUT2D eigenvalue weighted by Crippen LogP contribution is -1.88. The molecule has 0 N–H and O–H groups in total. The van der Waals surface area contributed by atoms with Crippen molar-refractivity contribution in [2.75, 3.05) is 0 Å². The van der Waals surface area contributed by atoms with Crippen molar-refractivity contribution in [1.82, 2.24) is 0 Å². The lowest BCUT2D eigenvalue weighted by molar-refractivity contribution is 0.626. The van der Waals surface area contributed by atoms with Crippen LogP contribution in [0.15, 0.2) is 66.7 Å². The molecule has 104 valence electrons. The molecule has 3 rings (SSSR count). The van der Waals surface area contributed by atoms with Crippen molar-refractivity contribution in [2.24, 2.45) is 0 Å². The van der Waals surface area contributed by atoms with E-state index in [1.54, 1.807) is 54.6 Å². The topological polar surface area (TPSA) is 0 Å². The van der Waals surface area contributed by atoms with E-state index in [1.165, 1.54) is 12.1 Å². The van der Waals surface area contributed by atoms with Gasteiger partial charge in [0, 0.05) is 16.1 Å². The summed E-state index contributed by atoms with van der Waals surface area (Å²) in [5, 5.41) is 0.599. The highest BCUT2D eigenvalue weighted by Crippen LogP contribution is 2.29. The molecule has 0 aliphatic heterocycles. The Labute approximate surface area is 126 Å². The zero-order valence-corrected chi connectivity index (χ0v) is 11.7. The van der Waals surface area contributed by atoms with E-state index in [2.05, 4.69) is 0 Å². The molecule has 0 radical (unpaired) electrons. The summed E-state index contributed by atoms with van der Waals surface area (Å²) < 4.78 is 28.0. The highest BCUT2D eigenvalue weighted by molar-refractivity contribution is 6.30. The van der Waals surface area contributed by atoms with Gasteiger partial charge in [-0.15, -0.1) is 0 Å². The Bertz CT molecular complexity index is 779. The quantitative estimate of drug-likeness (QED) is 0.548. The Balaban J connectivity index is 2.04. The van der Waals surface area contributed by atoms with Crippen LogP contribution >= 0.6 is 11.6 Å². The van der Waals surface area contributed by atoms with Crippen LogP contribution in [0.3, 0.4) is 0 Å². The summed E-state index contributed by atoms with van der Waals surface area (Å²) in [5.41, 5.74) is 2.10. The summed E-state index contributed by atoms with van der Waals surface area (Å²) in [5.74, 6) is -0.755. The van der Waals surface area contributed by atoms with E-state index >= 15 is 0 Å². The van der Waals surface area contributed by atoms with Crippen LogP contribution in [-0.4, -0.2) is 0 Å². The maximum Gasteiger partial charge on any atom is 0.131 e.